The van der Waals surface area contributed by atoms with E-state index in [1.807, 2.05) is 0 Å². The van der Waals surface area contributed by atoms with Crippen molar-refractivity contribution in [3.05, 3.63) is 35.9 Å². The minimum Gasteiger partial charge on any atom is -0.506 e. The number of hydrogen-bond donors (Lipinski definition) is 1. The Morgan fingerprint density at radius 1 is 1.06 bits per heavy atom. The lowest BCUT2D eigenvalue weighted by atomic mass is 10.2. The average Bonchev–Trinajstić information content (AvgIpc) is 2.28. The van der Waals surface area contributed by atoms with Crippen LogP contribution >= 0.6 is 0 Å². The molecular weight excluding hydrogens is 247 g/mol. The van der Waals surface area contributed by atoms with E-state index in [1.165, 1.54) is 18.3 Å². The largest absolute Gasteiger partial charge is 0.506 e. The van der Waals surface area contributed by atoms with E-state index in [1.54, 1.807) is 6.92 Å². The molecule has 0 spiro atoms. The first-order valence-electron chi connectivity index (χ1n) is 4.95. The Morgan fingerprint density at radius 3 is 2.33 bits per heavy atom. The summed E-state index contributed by atoms with van der Waals surface area (Å²) in [5, 5.41) is 9.16. The number of alkyl halides is 3. The maximum atomic E-state index is 12.6. The molecule has 2 aromatic rings. The summed E-state index contributed by atoms with van der Waals surface area (Å²) in [6, 6.07) is 3.67. The number of hydrogen-bond acceptors (Lipinski definition) is 4. The zero-order valence-electron chi connectivity index (χ0n) is 9.23. The second kappa shape index (κ2) is 4.25. The average molecular weight is 255 g/mol. The lowest BCUT2D eigenvalue weighted by Crippen LogP contribution is -2.09. The molecular formula is C11H8F3N3O. The highest BCUT2D eigenvalue weighted by Crippen LogP contribution is 2.35. The number of halogens is 3. The van der Waals surface area contributed by atoms with Crippen LogP contribution in [0.15, 0.2) is 24.4 Å². The van der Waals surface area contributed by atoms with Gasteiger partial charge in [0.2, 0.25) is 0 Å². The summed E-state index contributed by atoms with van der Waals surface area (Å²) in [6.45, 7) is 1.62. The maximum Gasteiger partial charge on any atom is 0.437 e. The van der Waals surface area contributed by atoms with E-state index in [4.69, 9.17) is 5.11 Å². The molecule has 0 aliphatic rings. The lowest BCUT2D eigenvalue weighted by Gasteiger charge is -2.09. The van der Waals surface area contributed by atoms with E-state index in [0.717, 1.165) is 6.07 Å². The van der Waals surface area contributed by atoms with Crippen LogP contribution in [0, 0.1) is 6.92 Å². The van der Waals surface area contributed by atoms with Gasteiger partial charge in [-0.2, -0.15) is 13.2 Å². The van der Waals surface area contributed by atoms with Crippen LogP contribution in [0.5, 0.6) is 5.75 Å². The van der Waals surface area contributed by atoms with Gasteiger partial charge in [0.05, 0.1) is 11.4 Å². The fourth-order valence-corrected chi connectivity index (χ4v) is 1.40. The van der Waals surface area contributed by atoms with Gasteiger partial charge in [0.25, 0.3) is 0 Å². The van der Waals surface area contributed by atoms with Crippen molar-refractivity contribution in [2.45, 2.75) is 13.1 Å². The summed E-state index contributed by atoms with van der Waals surface area (Å²) in [6.07, 6.45) is -3.28. The van der Waals surface area contributed by atoms with Crippen molar-refractivity contribution in [3.63, 3.8) is 0 Å². The standard InChI is InChI=1S/C11H8F3N3O/c1-6-15-5-4-8(16-6)7-2-3-9(18)10(17-7)11(12,13)14/h2-5,18H,1H3. The van der Waals surface area contributed by atoms with Crippen LogP contribution in [0.2, 0.25) is 0 Å². The number of rotatable bonds is 1. The first kappa shape index (κ1) is 12.3. The summed E-state index contributed by atoms with van der Waals surface area (Å²) in [5.41, 5.74) is -1.02. The zero-order chi connectivity index (χ0) is 13.3. The minimum absolute atomic E-state index is 0.0330. The molecule has 0 amide bonds. The maximum absolute atomic E-state index is 12.6. The molecule has 0 aliphatic carbocycles. The van der Waals surface area contributed by atoms with E-state index < -0.39 is 17.6 Å². The van der Waals surface area contributed by atoms with Gasteiger partial charge in [0, 0.05) is 6.20 Å². The second-order valence-corrected chi connectivity index (χ2v) is 3.55. The number of aromatic hydroxyl groups is 1. The zero-order valence-corrected chi connectivity index (χ0v) is 9.23. The Bertz CT molecular complexity index is 584. The molecule has 1 N–H and O–H groups in total. The molecule has 2 aromatic heterocycles. The van der Waals surface area contributed by atoms with Crippen LogP contribution in [-0.2, 0) is 6.18 Å². The van der Waals surface area contributed by atoms with Crippen LogP contribution in [0.4, 0.5) is 13.2 Å². The Balaban J connectivity index is 2.54. The highest BCUT2D eigenvalue weighted by Gasteiger charge is 2.36. The smallest absolute Gasteiger partial charge is 0.437 e. The molecule has 0 fully saturated rings. The van der Waals surface area contributed by atoms with E-state index in [0.29, 0.717) is 5.82 Å². The molecule has 0 aromatic carbocycles. The van der Waals surface area contributed by atoms with Gasteiger partial charge in [-0.3, -0.25) is 0 Å². The van der Waals surface area contributed by atoms with Crippen LogP contribution in [0.1, 0.15) is 11.5 Å². The Morgan fingerprint density at radius 2 is 1.72 bits per heavy atom. The predicted molar refractivity (Wildman–Crippen MR) is 56.7 cm³/mol. The third-order valence-corrected chi connectivity index (χ3v) is 2.18. The Labute approximate surface area is 100 Å². The van der Waals surface area contributed by atoms with Crippen LogP contribution in [0.25, 0.3) is 11.4 Å². The van der Waals surface area contributed by atoms with Crippen LogP contribution in [-0.4, -0.2) is 20.1 Å². The molecule has 0 atom stereocenters. The number of nitrogens with zero attached hydrogens (tertiary/aromatic N) is 3. The fourth-order valence-electron chi connectivity index (χ4n) is 1.40. The van der Waals surface area contributed by atoms with E-state index in [-0.39, 0.29) is 11.4 Å². The molecule has 2 rings (SSSR count). The first-order chi connectivity index (χ1) is 8.38. The van der Waals surface area contributed by atoms with Gasteiger partial charge in [-0.05, 0) is 25.1 Å². The van der Waals surface area contributed by atoms with Crippen LogP contribution in [0.3, 0.4) is 0 Å². The van der Waals surface area contributed by atoms with Crippen molar-refractivity contribution in [2.75, 3.05) is 0 Å². The molecule has 94 valence electrons. The molecule has 2 heterocycles. The quantitative estimate of drug-likeness (QED) is 0.850. The van der Waals surface area contributed by atoms with E-state index in [9.17, 15) is 13.2 Å². The van der Waals surface area contributed by atoms with E-state index in [2.05, 4.69) is 15.0 Å². The summed E-state index contributed by atoms with van der Waals surface area (Å²) in [4.78, 5) is 11.2. The molecule has 4 nitrogen and oxygen atoms in total. The van der Waals surface area contributed by atoms with Gasteiger partial charge >= 0.3 is 6.18 Å². The molecule has 18 heavy (non-hydrogen) atoms. The van der Waals surface area contributed by atoms with Crippen molar-refractivity contribution >= 4 is 0 Å². The monoisotopic (exact) mass is 255 g/mol. The van der Waals surface area contributed by atoms with Gasteiger partial charge in [-0.15, -0.1) is 0 Å². The minimum atomic E-state index is -4.71. The Hall–Kier alpha value is -2.18. The van der Waals surface area contributed by atoms with Crippen molar-refractivity contribution in [1.29, 1.82) is 0 Å². The summed E-state index contributed by atoms with van der Waals surface area (Å²) < 4.78 is 37.7. The van der Waals surface area contributed by atoms with Gasteiger partial charge in [0.1, 0.15) is 11.6 Å². The molecule has 0 saturated carbocycles. The van der Waals surface area contributed by atoms with E-state index >= 15 is 0 Å². The van der Waals surface area contributed by atoms with Gasteiger partial charge in [-0.1, -0.05) is 0 Å². The predicted octanol–water partition coefficient (Wildman–Crippen LogP) is 2.57. The van der Waals surface area contributed by atoms with Gasteiger partial charge < -0.3 is 5.11 Å². The topological polar surface area (TPSA) is 58.9 Å². The number of aryl methyl sites for hydroxylation is 1. The van der Waals surface area contributed by atoms with Crippen molar-refractivity contribution in [2.24, 2.45) is 0 Å². The lowest BCUT2D eigenvalue weighted by molar-refractivity contribution is -0.142. The third kappa shape index (κ3) is 2.39. The first-order valence-corrected chi connectivity index (χ1v) is 4.95. The normalized spacial score (nSPS) is 11.6. The van der Waals surface area contributed by atoms with Crippen molar-refractivity contribution in [1.82, 2.24) is 15.0 Å². The van der Waals surface area contributed by atoms with Crippen molar-refractivity contribution in [3.8, 4) is 17.1 Å². The Kier molecular flexibility index (Phi) is 2.90. The van der Waals surface area contributed by atoms with Crippen LogP contribution < -0.4 is 0 Å². The van der Waals surface area contributed by atoms with Gasteiger partial charge in [0.15, 0.2) is 5.69 Å². The SMILES string of the molecule is Cc1nccc(-c2ccc(O)c(C(F)(F)F)n2)n1. The van der Waals surface area contributed by atoms with Gasteiger partial charge in [-0.25, -0.2) is 15.0 Å². The molecule has 0 bridgehead atoms. The second-order valence-electron chi connectivity index (χ2n) is 3.55. The molecule has 0 saturated heterocycles. The van der Waals surface area contributed by atoms with Crippen molar-refractivity contribution < 1.29 is 18.3 Å². The molecule has 0 unspecified atom stereocenters. The summed E-state index contributed by atoms with van der Waals surface area (Å²) in [7, 11) is 0. The molecule has 7 heteroatoms. The summed E-state index contributed by atoms with van der Waals surface area (Å²) >= 11 is 0. The number of pyridine rings is 1. The number of aromatic nitrogens is 3. The highest BCUT2D eigenvalue weighted by molar-refractivity contribution is 5.55. The fraction of sp³-hybridized carbons (Fsp3) is 0.182. The highest BCUT2D eigenvalue weighted by atomic mass is 19.4. The molecule has 0 radical (unpaired) electrons. The molecule has 0 aliphatic heterocycles. The summed E-state index contributed by atoms with van der Waals surface area (Å²) in [5.74, 6) is -0.479. The third-order valence-electron chi connectivity index (χ3n) is 2.18.